The summed E-state index contributed by atoms with van der Waals surface area (Å²) in [5.74, 6) is 0.514. The highest BCUT2D eigenvalue weighted by Crippen LogP contribution is 2.23. The summed E-state index contributed by atoms with van der Waals surface area (Å²) in [6.45, 7) is 2.22. The number of fused-ring (bicyclic) bond motifs is 1. The van der Waals surface area contributed by atoms with Crippen LogP contribution in [0.4, 0.5) is 0 Å². The van der Waals surface area contributed by atoms with E-state index in [0.717, 1.165) is 11.1 Å². The molecule has 4 rings (SSSR count). The number of esters is 1. The van der Waals surface area contributed by atoms with Crippen molar-refractivity contribution in [2.45, 2.75) is 13.5 Å². The number of hydrogen-bond acceptors (Lipinski definition) is 5. The van der Waals surface area contributed by atoms with Crippen LogP contribution < -0.4 is 4.74 Å². The predicted octanol–water partition coefficient (Wildman–Crippen LogP) is 5.74. The summed E-state index contributed by atoms with van der Waals surface area (Å²) in [7, 11) is 0. The lowest BCUT2D eigenvalue weighted by Gasteiger charge is -2.08. The summed E-state index contributed by atoms with van der Waals surface area (Å²) in [6.07, 6.45) is 1.53. The largest absolute Gasteiger partial charge is 0.457 e. The van der Waals surface area contributed by atoms with Gasteiger partial charge in [-0.15, -0.1) is 0 Å². The summed E-state index contributed by atoms with van der Waals surface area (Å²) < 4.78 is 11.1. The van der Waals surface area contributed by atoms with E-state index in [1.807, 2.05) is 31.2 Å². The molecule has 0 aliphatic carbocycles. The first-order valence-electron chi connectivity index (χ1n) is 9.00. The molecule has 0 radical (unpaired) electrons. The number of carbonyl (C=O) groups is 1. The first-order valence-corrected chi connectivity index (χ1v) is 9.38. The standard InChI is InChI=1S/C23H17ClN2O3/c1-15-4-2-3-5-17(15)14-28-23(27)16-6-9-19(10-7-16)29-22-13-25-21-12-18(24)8-11-20(21)26-22/h2-13H,14H2,1H3. The molecule has 0 aliphatic rings. The fraction of sp³-hybridized carbons (Fsp3) is 0.0870. The van der Waals surface area contributed by atoms with Crippen LogP contribution in [0.15, 0.2) is 72.9 Å². The third-order valence-corrected chi connectivity index (χ3v) is 4.65. The van der Waals surface area contributed by atoms with E-state index in [0.29, 0.717) is 33.2 Å². The quantitative estimate of drug-likeness (QED) is 0.397. The Morgan fingerprint density at radius 2 is 1.79 bits per heavy atom. The number of carbonyl (C=O) groups excluding carboxylic acids is 1. The highest BCUT2D eigenvalue weighted by molar-refractivity contribution is 6.31. The van der Waals surface area contributed by atoms with Gasteiger partial charge in [0.05, 0.1) is 22.8 Å². The van der Waals surface area contributed by atoms with E-state index in [4.69, 9.17) is 21.1 Å². The van der Waals surface area contributed by atoms with E-state index < -0.39 is 0 Å². The van der Waals surface area contributed by atoms with E-state index in [2.05, 4.69) is 9.97 Å². The molecule has 6 heteroatoms. The summed E-state index contributed by atoms with van der Waals surface area (Å²) >= 11 is 5.96. The van der Waals surface area contributed by atoms with Crippen molar-refractivity contribution in [1.29, 1.82) is 0 Å². The van der Waals surface area contributed by atoms with Gasteiger partial charge in [0, 0.05) is 5.02 Å². The Morgan fingerprint density at radius 1 is 1.00 bits per heavy atom. The van der Waals surface area contributed by atoms with Crippen molar-refractivity contribution in [3.05, 3.63) is 94.6 Å². The van der Waals surface area contributed by atoms with Crippen molar-refractivity contribution in [3.8, 4) is 11.6 Å². The molecule has 0 saturated heterocycles. The Hall–Kier alpha value is -3.44. The van der Waals surface area contributed by atoms with Gasteiger partial charge in [0.1, 0.15) is 12.4 Å². The molecule has 0 saturated carbocycles. The van der Waals surface area contributed by atoms with Crippen molar-refractivity contribution in [3.63, 3.8) is 0 Å². The zero-order chi connectivity index (χ0) is 20.2. The van der Waals surface area contributed by atoms with Gasteiger partial charge in [0.2, 0.25) is 5.88 Å². The third kappa shape index (κ3) is 4.52. The van der Waals surface area contributed by atoms with Crippen molar-refractivity contribution < 1.29 is 14.3 Å². The maximum atomic E-state index is 12.3. The van der Waals surface area contributed by atoms with Crippen LogP contribution in [-0.2, 0) is 11.3 Å². The van der Waals surface area contributed by atoms with Gasteiger partial charge in [0.25, 0.3) is 0 Å². The number of ether oxygens (including phenoxy) is 2. The van der Waals surface area contributed by atoms with Gasteiger partial charge in [-0.1, -0.05) is 35.9 Å². The van der Waals surface area contributed by atoms with Gasteiger partial charge in [-0.25, -0.2) is 14.8 Å². The van der Waals surface area contributed by atoms with Gasteiger partial charge in [0.15, 0.2) is 0 Å². The lowest BCUT2D eigenvalue weighted by Crippen LogP contribution is -2.05. The smallest absolute Gasteiger partial charge is 0.338 e. The van der Waals surface area contributed by atoms with E-state index in [9.17, 15) is 4.79 Å². The molecule has 1 heterocycles. The zero-order valence-electron chi connectivity index (χ0n) is 15.6. The highest BCUT2D eigenvalue weighted by Gasteiger charge is 2.09. The van der Waals surface area contributed by atoms with Gasteiger partial charge in [-0.05, 0) is 60.5 Å². The van der Waals surface area contributed by atoms with Crippen LogP contribution in [0.2, 0.25) is 5.02 Å². The number of benzene rings is 3. The van der Waals surface area contributed by atoms with E-state index >= 15 is 0 Å². The summed E-state index contributed by atoms with van der Waals surface area (Å²) in [6, 6.07) is 19.8. The molecule has 0 aliphatic heterocycles. The zero-order valence-corrected chi connectivity index (χ0v) is 16.4. The fourth-order valence-corrected chi connectivity index (χ4v) is 2.96. The average molecular weight is 405 g/mol. The number of hydrogen-bond donors (Lipinski definition) is 0. The Labute approximate surface area is 172 Å². The maximum absolute atomic E-state index is 12.3. The van der Waals surface area contributed by atoms with Crippen LogP contribution in [0, 0.1) is 6.92 Å². The molecule has 0 atom stereocenters. The SMILES string of the molecule is Cc1ccccc1COC(=O)c1ccc(Oc2cnc3cc(Cl)ccc3n2)cc1. The van der Waals surface area contributed by atoms with E-state index in [1.54, 1.807) is 42.5 Å². The summed E-state index contributed by atoms with van der Waals surface area (Å²) in [5, 5.41) is 0.602. The number of aryl methyl sites for hydroxylation is 1. The summed E-state index contributed by atoms with van der Waals surface area (Å²) in [4.78, 5) is 21.0. The highest BCUT2D eigenvalue weighted by atomic mass is 35.5. The Morgan fingerprint density at radius 3 is 2.59 bits per heavy atom. The summed E-state index contributed by atoms with van der Waals surface area (Å²) in [5.41, 5.74) is 3.89. The number of nitrogens with zero attached hydrogens (tertiary/aromatic N) is 2. The molecule has 0 bridgehead atoms. The van der Waals surface area contributed by atoms with Gasteiger partial charge in [-0.3, -0.25) is 0 Å². The normalized spacial score (nSPS) is 10.7. The van der Waals surface area contributed by atoms with Crippen LogP contribution in [-0.4, -0.2) is 15.9 Å². The molecule has 0 unspecified atom stereocenters. The minimum absolute atomic E-state index is 0.237. The molecule has 5 nitrogen and oxygen atoms in total. The lowest BCUT2D eigenvalue weighted by atomic mass is 10.1. The molecule has 1 aromatic heterocycles. The maximum Gasteiger partial charge on any atom is 0.338 e. The van der Waals surface area contributed by atoms with Crippen LogP contribution in [0.5, 0.6) is 11.6 Å². The number of rotatable bonds is 5. The Kier molecular flexibility index (Phi) is 5.40. The van der Waals surface area contributed by atoms with E-state index in [1.165, 1.54) is 6.20 Å². The Bertz CT molecular complexity index is 1180. The molecular formula is C23H17ClN2O3. The molecule has 0 N–H and O–H groups in total. The number of aromatic nitrogens is 2. The topological polar surface area (TPSA) is 61.3 Å². The van der Waals surface area contributed by atoms with Crippen molar-refractivity contribution in [1.82, 2.24) is 9.97 Å². The van der Waals surface area contributed by atoms with Crippen LogP contribution in [0.3, 0.4) is 0 Å². The fourth-order valence-electron chi connectivity index (χ4n) is 2.79. The molecule has 0 amide bonds. The minimum Gasteiger partial charge on any atom is -0.457 e. The van der Waals surface area contributed by atoms with Gasteiger partial charge in [-0.2, -0.15) is 0 Å². The molecule has 3 aromatic carbocycles. The van der Waals surface area contributed by atoms with Gasteiger partial charge < -0.3 is 9.47 Å². The van der Waals surface area contributed by atoms with Crippen molar-refractivity contribution in [2.24, 2.45) is 0 Å². The molecule has 0 fully saturated rings. The van der Waals surface area contributed by atoms with Crippen LogP contribution in [0.1, 0.15) is 21.5 Å². The second kappa shape index (κ2) is 8.29. The second-order valence-corrected chi connectivity index (χ2v) is 6.91. The van der Waals surface area contributed by atoms with Crippen molar-refractivity contribution in [2.75, 3.05) is 0 Å². The van der Waals surface area contributed by atoms with Crippen molar-refractivity contribution >= 4 is 28.6 Å². The first-order chi connectivity index (χ1) is 14.1. The molecule has 144 valence electrons. The average Bonchev–Trinajstić information content (AvgIpc) is 2.73. The van der Waals surface area contributed by atoms with E-state index in [-0.39, 0.29) is 12.6 Å². The number of halogens is 1. The monoisotopic (exact) mass is 404 g/mol. The molecule has 0 spiro atoms. The molecule has 29 heavy (non-hydrogen) atoms. The predicted molar refractivity (Wildman–Crippen MR) is 111 cm³/mol. The van der Waals surface area contributed by atoms with Crippen LogP contribution >= 0.6 is 11.6 Å². The molecule has 4 aromatic rings. The van der Waals surface area contributed by atoms with Crippen LogP contribution in [0.25, 0.3) is 11.0 Å². The first kappa shape index (κ1) is 18.9. The third-order valence-electron chi connectivity index (χ3n) is 4.41. The van der Waals surface area contributed by atoms with Gasteiger partial charge >= 0.3 is 5.97 Å². The second-order valence-electron chi connectivity index (χ2n) is 6.47. The minimum atomic E-state index is -0.387. The Balaban J connectivity index is 1.41. The molecular weight excluding hydrogens is 388 g/mol. The lowest BCUT2D eigenvalue weighted by molar-refractivity contribution is 0.0472.